The van der Waals surface area contributed by atoms with Gasteiger partial charge in [-0.1, -0.05) is 12.1 Å². The molecule has 1 unspecified atom stereocenters. The summed E-state index contributed by atoms with van der Waals surface area (Å²) in [5.41, 5.74) is 1.13. The van der Waals surface area contributed by atoms with Crippen LogP contribution in [0.15, 0.2) is 40.8 Å². The molecule has 0 radical (unpaired) electrons. The van der Waals surface area contributed by atoms with E-state index in [2.05, 4.69) is 62.1 Å². The molecule has 26 heavy (non-hydrogen) atoms. The van der Waals surface area contributed by atoms with Crippen molar-refractivity contribution in [3.8, 4) is 0 Å². The predicted octanol–water partition coefficient (Wildman–Crippen LogP) is 2.85. The molecular formula is C18H26IN5OS. The summed E-state index contributed by atoms with van der Waals surface area (Å²) < 4.78 is 5.58. The van der Waals surface area contributed by atoms with Crippen LogP contribution in [0.2, 0.25) is 0 Å². The van der Waals surface area contributed by atoms with Crippen LogP contribution in [0.3, 0.4) is 0 Å². The van der Waals surface area contributed by atoms with Gasteiger partial charge in [-0.25, -0.2) is 4.98 Å². The number of thiophene rings is 1. The van der Waals surface area contributed by atoms with E-state index < -0.39 is 0 Å². The van der Waals surface area contributed by atoms with Gasteiger partial charge < -0.3 is 20.3 Å². The molecule has 0 amide bonds. The second-order valence-corrected chi connectivity index (χ2v) is 7.04. The Labute approximate surface area is 176 Å². The van der Waals surface area contributed by atoms with Crippen molar-refractivity contribution in [1.29, 1.82) is 0 Å². The van der Waals surface area contributed by atoms with E-state index in [-0.39, 0.29) is 30.1 Å². The zero-order valence-corrected chi connectivity index (χ0v) is 18.3. The zero-order valence-electron chi connectivity index (χ0n) is 15.1. The van der Waals surface area contributed by atoms with Gasteiger partial charge in [0.25, 0.3) is 0 Å². The maximum atomic E-state index is 5.58. The Kier molecular flexibility index (Phi) is 8.60. The monoisotopic (exact) mass is 487 g/mol. The van der Waals surface area contributed by atoms with E-state index in [0.29, 0.717) is 6.54 Å². The van der Waals surface area contributed by atoms with Crippen LogP contribution >= 0.6 is 35.3 Å². The molecule has 1 atom stereocenters. The number of aliphatic imine (C=N–C) groups is 1. The minimum atomic E-state index is 0. The second-order valence-electron chi connectivity index (χ2n) is 6.01. The number of nitrogens with zero attached hydrogens (tertiary/aromatic N) is 3. The summed E-state index contributed by atoms with van der Waals surface area (Å²) in [5, 5.41) is 8.72. The predicted molar refractivity (Wildman–Crippen MR) is 119 cm³/mol. The lowest BCUT2D eigenvalue weighted by Crippen LogP contribution is -2.41. The average molecular weight is 487 g/mol. The van der Waals surface area contributed by atoms with Crippen LogP contribution in [0.4, 0.5) is 5.82 Å². The Morgan fingerprint density at radius 3 is 2.85 bits per heavy atom. The molecule has 1 aliphatic heterocycles. The van der Waals surface area contributed by atoms with Crippen molar-refractivity contribution in [3.05, 3.63) is 46.3 Å². The molecule has 0 spiro atoms. The van der Waals surface area contributed by atoms with Crippen molar-refractivity contribution in [2.45, 2.75) is 26.1 Å². The van der Waals surface area contributed by atoms with Gasteiger partial charge in [0.15, 0.2) is 5.96 Å². The number of guanidine groups is 1. The van der Waals surface area contributed by atoms with Gasteiger partial charge in [-0.3, -0.25) is 4.99 Å². The molecule has 1 saturated heterocycles. The smallest absolute Gasteiger partial charge is 0.191 e. The SMILES string of the molecule is CN=C(NCc1ccc(N2CCOC(C)C2)nc1)NCc1cccs1.I. The molecule has 3 rings (SSSR count). The first-order valence-electron chi connectivity index (χ1n) is 8.53. The molecule has 0 aromatic carbocycles. The largest absolute Gasteiger partial charge is 0.375 e. The Morgan fingerprint density at radius 1 is 1.35 bits per heavy atom. The molecule has 3 heterocycles. The maximum Gasteiger partial charge on any atom is 0.191 e. The first-order valence-corrected chi connectivity index (χ1v) is 9.41. The number of morpholine rings is 1. The molecule has 0 saturated carbocycles. The molecular weight excluding hydrogens is 461 g/mol. The Balaban J connectivity index is 0.00000243. The summed E-state index contributed by atoms with van der Waals surface area (Å²) in [7, 11) is 1.78. The Bertz CT molecular complexity index is 677. The summed E-state index contributed by atoms with van der Waals surface area (Å²) >= 11 is 1.74. The molecule has 8 heteroatoms. The first kappa shape index (κ1) is 20.9. The summed E-state index contributed by atoms with van der Waals surface area (Å²) in [6, 6.07) is 8.36. The van der Waals surface area contributed by atoms with Gasteiger partial charge in [0, 0.05) is 37.8 Å². The number of hydrogen-bond donors (Lipinski definition) is 2. The highest BCUT2D eigenvalue weighted by Gasteiger charge is 2.17. The standard InChI is InChI=1S/C18H25N5OS.HI/c1-14-13-23(7-8-24-14)17-6-5-15(10-20-17)11-21-18(19-2)22-12-16-4-3-9-25-16;/h3-6,9-10,14H,7-8,11-13H2,1-2H3,(H2,19,21,22);1H. The number of hydrogen-bond acceptors (Lipinski definition) is 5. The van der Waals surface area contributed by atoms with Crippen molar-refractivity contribution in [2.24, 2.45) is 4.99 Å². The molecule has 2 aromatic rings. The second kappa shape index (κ2) is 10.7. The van der Waals surface area contributed by atoms with Crippen molar-refractivity contribution in [3.63, 3.8) is 0 Å². The van der Waals surface area contributed by atoms with Crippen LogP contribution in [0.1, 0.15) is 17.4 Å². The van der Waals surface area contributed by atoms with E-state index >= 15 is 0 Å². The number of rotatable bonds is 5. The molecule has 1 fully saturated rings. The summed E-state index contributed by atoms with van der Waals surface area (Å²) in [6.45, 7) is 6.12. The molecule has 1 aliphatic rings. The number of nitrogens with one attached hydrogen (secondary N) is 2. The number of pyridine rings is 1. The van der Waals surface area contributed by atoms with E-state index in [0.717, 1.165) is 43.6 Å². The van der Waals surface area contributed by atoms with Crippen LogP contribution in [0.5, 0.6) is 0 Å². The fraction of sp³-hybridized carbons (Fsp3) is 0.444. The summed E-state index contributed by atoms with van der Waals surface area (Å²) in [4.78, 5) is 12.4. The molecule has 142 valence electrons. The number of halogens is 1. The summed E-state index contributed by atoms with van der Waals surface area (Å²) in [5.74, 6) is 1.80. The van der Waals surface area contributed by atoms with Crippen LogP contribution in [-0.4, -0.2) is 43.8 Å². The molecule has 2 N–H and O–H groups in total. The van der Waals surface area contributed by atoms with Crippen LogP contribution in [0, 0.1) is 0 Å². The summed E-state index contributed by atoms with van der Waals surface area (Å²) in [6.07, 6.45) is 2.18. The Hall–Kier alpha value is -1.39. The quantitative estimate of drug-likeness (QED) is 0.386. The van der Waals surface area contributed by atoms with Gasteiger partial charge in [0.05, 0.1) is 19.3 Å². The van der Waals surface area contributed by atoms with Gasteiger partial charge in [-0.05, 0) is 30.0 Å². The van der Waals surface area contributed by atoms with Crippen LogP contribution in [-0.2, 0) is 17.8 Å². The highest BCUT2D eigenvalue weighted by Crippen LogP contribution is 2.15. The lowest BCUT2D eigenvalue weighted by molar-refractivity contribution is 0.0529. The number of anilines is 1. The van der Waals surface area contributed by atoms with Crippen LogP contribution in [0.25, 0.3) is 0 Å². The third kappa shape index (κ3) is 6.10. The van der Waals surface area contributed by atoms with E-state index in [1.807, 2.05) is 6.20 Å². The maximum absolute atomic E-state index is 5.58. The van der Waals surface area contributed by atoms with E-state index in [9.17, 15) is 0 Å². The first-order chi connectivity index (χ1) is 12.2. The minimum absolute atomic E-state index is 0. The van der Waals surface area contributed by atoms with Gasteiger partial charge >= 0.3 is 0 Å². The highest BCUT2D eigenvalue weighted by atomic mass is 127. The van der Waals surface area contributed by atoms with Gasteiger partial charge in [-0.15, -0.1) is 35.3 Å². The Morgan fingerprint density at radius 2 is 2.19 bits per heavy atom. The van der Waals surface area contributed by atoms with Crippen molar-refractivity contribution >= 4 is 47.1 Å². The zero-order chi connectivity index (χ0) is 17.5. The number of aromatic nitrogens is 1. The van der Waals surface area contributed by atoms with E-state index in [4.69, 9.17) is 4.74 Å². The van der Waals surface area contributed by atoms with Crippen LogP contribution < -0.4 is 15.5 Å². The van der Waals surface area contributed by atoms with Crippen molar-refractivity contribution in [2.75, 3.05) is 31.6 Å². The van der Waals surface area contributed by atoms with Gasteiger partial charge in [-0.2, -0.15) is 0 Å². The third-order valence-corrected chi connectivity index (χ3v) is 4.94. The normalized spacial score (nSPS) is 17.5. The van der Waals surface area contributed by atoms with Gasteiger partial charge in [0.2, 0.25) is 0 Å². The van der Waals surface area contributed by atoms with Crippen molar-refractivity contribution < 1.29 is 4.74 Å². The highest BCUT2D eigenvalue weighted by molar-refractivity contribution is 14.0. The van der Waals surface area contributed by atoms with E-state index in [1.54, 1.807) is 18.4 Å². The lowest BCUT2D eigenvalue weighted by atomic mass is 10.2. The van der Waals surface area contributed by atoms with Gasteiger partial charge in [0.1, 0.15) is 5.82 Å². The molecule has 0 aliphatic carbocycles. The molecule has 2 aromatic heterocycles. The van der Waals surface area contributed by atoms with E-state index in [1.165, 1.54) is 4.88 Å². The molecule has 6 nitrogen and oxygen atoms in total. The average Bonchev–Trinajstić information content (AvgIpc) is 3.16. The minimum Gasteiger partial charge on any atom is -0.375 e. The van der Waals surface area contributed by atoms with Crippen molar-refractivity contribution in [1.82, 2.24) is 15.6 Å². The number of ether oxygens (including phenoxy) is 1. The topological polar surface area (TPSA) is 61.8 Å². The lowest BCUT2D eigenvalue weighted by Gasteiger charge is -2.32. The third-order valence-electron chi connectivity index (χ3n) is 4.07. The molecule has 0 bridgehead atoms. The fourth-order valence-electron chi connectivity index (χ4n) is 2.73. The fourth-order valence-corrected chi connectivity index (χ4v) is 3.37.